The number of halogens is 1. The highest BCUT2D eigenvalue weighted by Gasteiger charge is 2.19. The molecule has 0 saturated heterocycles. The zero-order chi connectivity index (χ0) is 13.4. The lowest BCUT2D eigenvalue weighted by Gasteiger charge is -2.07. The second kappa shape index (κ2) is 4.57. The molecule has 0 saturated carbocycles. The number of carbonyl (C=O) groups is 1. The van der Waals surface area contributed by atoms with E-state index >= 15 is 0 Å². The van der Waals surface area contributed by atoms with Crippen LogP contribution in [0, 0.1) is 13.8 Å². The van der Waals surface area contributed by atoms with Crippen LogP contribution in [-0.4, -0.2) is 20.6 Å². The first-order chi connectivity index (χ1) is 8.41. The highest BCUT2D eigenvalue weighted by Crippen LogP contribution is 2.28. The molecule has 2 aromatic rings. The predicted octanol–water partition coefficient (Wildman–Crippen LogP) is 3.16. The summed E-state index contributed by atoms with van der Waals surface area (Å²) in [6, 6.07) is 6.04. The zero-order valence-electron chi connectivity index (χ0n) is 10.4. The third-order valence-corrected chi connectivity index (χ3v) is 3.77. The van der Waals surface area contributed by atoms with E-state index in [0.717, 1.165) is 16.7 Å². The first-order valence-corrected chi connectivity index (χ1v) is 6.24. The average Bonchev–Trinajstić information content (AvgIpc) is 2.60. The summed E-state index contributed by atoms with van der Waals surface area (Å²) in [6.07, 6.45) is 0. The lowest BCUT2D eigenvalue weighted by atomic mass is 10.1. The van der Waals surface area contributed by atoms with Gasteiger partial charge in [-0.1, -0.05) is 17.7 Å². The number of aromatic carboxylic acids is 1. The minimum absolute atomic E-state index is 0.0356. The molecule has 1 aromatic carbocycles. The van der Waals surface area contributed by atoms with E-state index in [0.29, 0.717) is 10.4 Å². The van der Waals surface area contributed by atoms with Crippen LogP contribution in [0.2, 0.25) is 0 Å². The second-order valence-electron chi connectivity index (χ2n) is 4.26. The maximum absolute atomic E-state index is 11.1. The normalized spacial score (nSPS) is 10.7. The molecule has 0 bridgehead atoms. The Labute approximate surface area is 113 Å². The number of aryl methyl sites for hydroxylation is 2. The van der Waals surface area contributed by atoms with E-state index in [-0.39, 0.29) is 5.69 Å². The fourth-order valence-corrected chi connectivity index (χ4v) is 2.26. The van der Waals surface area contributed by atoms with E-state index in [1.54, 1.807) is 11.6 Å². The number of nitrogens with zero attached hydrogens (tertiary/aromatic N) is 2. The van der Waals surface area contributed by atoms with Gasteiger partial charge in [0.2, 0.25) is 0 Å². The molecule has 0 radical (unpaired) electrons. The molecule has 0 amide bonds. The minimum Gasteiger partial charge on any atom is -0.476 e. The van der Waals surface area contributed by atoms with Gasteiger partial charge in [-0.15, -0.1) is 0 Å². The fraction of sp³-hybridized carbons (Fsp3) is 0.231. The molecule has 94 valence electrons. The monoisotopic (exact) mass is 308 g/mol. The van der Waals surface area contributed by atoms with Crippen molar-refractivity contribution in [2.24, 2.45) is 7.05 Å². The van der Waals surface area contributed by atoms with Crippen LogP contribution >= 0.6 is 15.9 Å². The summed E-state index contributed by atoms with van der Waals surface area (Å²) in [6.45, 7) is 3.98. The van der Waals surface area contributed by atoms with Gasteiger partial charge in [0.15, 0.2) is 5.69 Å². The molecule has 1 N–H and O–H groups in total. The maximum atomic E-state index is 11.1. The van der Waals surface area contributed by atoms with Crippen molar-refractivity contribution in [1.82, 2.24) is 9.55 Å². The summed E-state index contributed by atoms with van der Waals surface area (Å²) < 4.78 is 2.22. The van der Waals surface area contributed by atoms with Crippen molar-refractivity contribution in [3.63, 3.8) is 0 Å². The summed E-state index contributed by atoms with van der Waals surface area (Å²) in [5, 5.41) is 9.07. The van der Waals surface area contributed by atoms with E-state index in [1.165, 1.54) is 0 Å². The minimum atomic E-state index is -1.03. The largest absolute Gasteiger partial charge is 0.476 e. The number of rotatable bonds is 2. The number of imidazole rings is 1. The lowest BCUT2D eigenvalue weighted by Crippen LogP contribution is -1.97. The standard InChI is InChI=1S/C13H13BrN2O2/c1-7-4-5-8(2)9(6-7)12-15-10(13(17)18)11(14)16(12)3/h4-6H,1-3H3,(H,17,18). The van der Waals surface area contributed by atoms with Gasteiger partial charge in [0.25, 0.3) is 0 Å². The van der Waals surface area contributed by atoms with Gasteiger partial charge in [-0.3, -0.25) is 0 Å². The summed E-state index contributed by atoms with van der Waals surface area (Å²) in [5.41, 5.74) is 3.17. The number of carboxylic acid groups (broad SMARTS) is 1. The molecule has 0 aliphatic carbocycles. The molecule has 0 fully saturated rings. The number of hydrogen-bond donors (Lipinski definition) is 1. The molecule has 1 aromatic heterocycles. The highest BCUT2D eigenvalue weighted by atomic mass is 79.9. The third kappa shape index (κ3) is 2.06. The van der Waals surface area contributed by atoms with Gasteiger partial charge in [-0.25, -0.2) is 9.78 Å². The van der Waals surface area contributed by atoms with Crippen molar-refractivity contribution in [2.75, 3.05) is 0 Å². The summed E-state index contributed by atoms with van der Waals surface area (Å²) in [4.78, 5) is 15.3. The van der Waals surface area contributed by atoms with Crippen LogP contribution in [0.4, 0.5) is 0 Å². The predicted molar refractivity (Wildman–Crippen MR) is 72.8 cm³/mol. The van der Waals surface area contributed by atoms with Gasteiger partial charge >= 0.3 is 5.97 Å². The van der Waals surface area contributed by atoms with Crippen molar-refractivity contribution in [1.29, 1.82) is 0 Å². The van der Waals surface area contributed by atoms with Crippen LogP contribution < -0.4 is 0 Å². The molecule has 0 atom stereocenters. The van der Waals surface area contributed by atoms with Gasteiger partial charge in [-0.2, -0.15) is 0 Å². The molecule has 18 heavy (non-hydrogen) atoms. The Morgan fingerprint density at radius 2 is 2.06 bits per heavy atom. The van der Waals surface area contributed by atoms with Gasteiger partial charge in [-0.05, 0) is 41.4 Å². The van der Waals surface area contributed by atoms with E-state index in [2.05, 4.69) is 20.9 Å². The quantitative estimate of drug-likeness (QED) is 0.927. The van der Waals surface area contributed by atoms with Gasteiger partial charge in [0, 0.05) is 12.6 Å². The zero-order valence-corrected chi connectivity index (χ0v) is 11.9. The van der Waals surface area contributed by atoms with E-state index < -0.39 is 5.97 Å². The molecular weight excluding hydrogens is 296 g/mol. The summed E-state index contributed by atoms with van der Waals surface area (Å²) >= 11 is 3.26. The van der Waals surface area contributed by atoms with Crippen LogP contribution in [0.3, 0.4) is 0 Å². The van der Waals surface area contributed by atoms with E-state index in [1.807, 2.05) is 32.0 Å². The molecule has 4 nitrogen and oxygen atoms in total. The topological polar surface area (TPSA) is 55.1 Å². The van der Waals surface area contributed by atoms with Gasteiger partial charge < -0.3 is 9.67 Å². The van der Waals surface area contributed by atoms with Crippen LogP contribution in [-0.2, 0) is 7.05 Å². The molecular formula is C13H13BrN2O2. The Balaban J connectivity index is 2.68. The summed E-state index contributed by atoms with van der Waals surface area (Å²) in [7, 11) is 1.79. The van der Waals surface area contributed by atoms with Crippen molar-refractivity contribution >= 4 is 21.9 Å². The Kier molecular flexibility index (Phi) is 3.26. The lowest BCUT2D eigenvalue weighted by molar-refractivity contribution is 0.0690. The van der Waals surface area contributed by atoms with Crippen molar-refractivity contribution in [2.45, 2.75) is 13.8 Å². The smallest absolute Gasteiger partial charge is 0.357 e. The molecule has 0 spiro atoms. The Morgan fingerprint density at radius 3 is 2.61 bits per heavy atom. The van der Waals surface area contributed by atoms with E-state index in [9.17, 15) is 4.79 Å². The second-order valence-corrected chi connectivity index (χ2v) is 5.01. The summed E-state index contributed by atoms with van der Waals surface area (Å²) in [5.74, 6) is -0.380. The third-order valence-electron chi connectivity index (χ3n) is 2.86. The van der Waals surface area contributed by atoms with Gasteiger partial charge in [0.05, 0.1) is 0 Å². The Morgan fingerprint density at radius 1 is 1.39 bits per heavy atom. The van der Waals surface area contributed by atoms with Crippen LogP contribution in [0.25, 0.3) is 11.4 Å². The van der Waals surface area contributed by atoms with Crippen LogP contribution in [0.1, 0.15) is 21.6 Å². The van der Waals surface area contributed by atoms with Crippen LogP contribution in [0.5, 0.6) is 0 Å². The maximum Gasteiger partial charge on any atom is 0.357 e. The molecule has 2 rings (SSSR count). The molecule has 1 heterocycles. The number of carboxylic acids is 1. The molecule has 0 aliphatic heterocycles. The Bertz CT molecular complexity index is 632. The fourth-order valence-electron chi connectivity index (χ4n) is 1.83. The van der Waals surface area contributed by atoms with Crippen molar-refractivity contribution in [3.8, 4) is 11.4 Å². The van der Waals surface area contributed by atoms with Gasteiger partial charge in [0.1, 0.15) is 10.4 Å². The van der Waals surface area contributed by atoms with Crippen LogP contribution in [0.15, 0.2) is 22.8 Å². The Hall–Kier alpha value is -1.62. The van der Waals surface area contributed by atoms with Crippen molar-refractivity contribution < 1.29 is 9.90 Å². The average molecular weight is 309 g/mol. The number of aromatic nitrogens is 2. The number of hydrogen-bond acceptors (Lipinski definition) is 2. The number of benzene rings is 1. The SMILES string of the molecule is Cc1ccc(C)c(-c2nc(C(=O)O)c(Br)n2C)c1. The molecule has 0 aliphatic rings. The highest BCUT2D eigenvalue weighted by molar-refractivity contribution is 9.10. The molecule has 5 heteroatoms. The van der Waals surface area contributed by atoms with E-state index in [4.69, 9.17) is 5.11 Å². The molecule has 0 unspecified atom stereocenters. The first kappa shape index (κ1) is 12.8. The first-order valence-electron chi connectivity index (χ1n) is 5.45. The van der Waals surface area contributed by atoms with Crippen molar-refractivity contribution in [3.05, 3.63) is 39.6 Å².